The third-order valence-electron chi connectivity index (χ3n) is 3.92. The highest BCUT2D eigenvalue weighted by molar-refractivity contribution is 7.82. The SMILES string of the molecule is CC1(S)C=Cc2c(-c3ccnc(Nc4ccn[nH]4)n3)c[nH]c2C(N)=C1. The third-order valence-corrected chi connectivity index (χ3v) is 4.20. The van der Waals surface area contributed by atoms with E-state index in [2.05, 4.69) is 43.1 Å². The summed E-state index contributed by atoms with van der Waals surface area (Å²) in [6, 6.07) is 3.67. The number of nitrogens with two attached hydrogens (primary N) is 1. The Morgan fingerprint density at radius 3 is 2.96 bits per heavy atom. The number of hydrogen-bond donors (Lipinski definition) is 5. The van der Waals surface area contributed by atoms with Crippen LogP contribution in [0.1, 0.15) is 18.2 Å². The highest BCUT2D eigenvalue weighted by atomic mass is 32.1. The van der Waals surface area contributed by atoms with Gasteiger partial charge in [-0.1, -0.05) is 12.2 Å². The Bertz CT molecular complexity index is 967. The van der Waals surface area contributed by atoms with Crippen LogP contribution in [0.25, 0.3) is 23.0 Å². The molecule has 25 heavy (non-hydrogen) atoms. The fourth-order valence-electron chi connectivity index (χ4n) is 2.76. The Kier molecular flexibility index (Phi) is 3.61. The lowest BCUT2D eigenvalue weighted by Crippen LogP contribution is -2.10. The average molecular weight is 351 g/mol. The van der Waals surface area contributed by atoms with E-state index >= 15 is 0 Å². The average Bonchev–Trinajstić information content (AvgIpc) is 3.20. The first-order valence-corrected chi connectivity index (χ1v) is 8.18. The number of H-pyrrole nitrogens is 2. The van der Waals surface area contributed by atoms with E-state index in [0.717, 1.165) is 28.3 Å². The summed E-state index contributed by atoms with van der Waals surface area (Å²) in [6.45, 7) is 1.99. The lowest BCUT2D eigenvalue weighted by Gasteiger charge is -2.12. The molecule has 0 saturated carbocycles. The number of fused-ring (bicyclic) bond motifs is 1. The first-order chi connectivity index (χ1) is 12.0. The van der Waals surface area contributed by atoms with Crippen LogP contribution in [0.3, 0.4) is 0 Å². The Hall–Kier alpha value is -3.00. The largest absolute Gasteiger partial charge is 0.397 e. The zero-order valence-corrected chi connectivity index (χ0v) is 14.4. The topological polar surface area (TPSA) is 108 Å². The molecular formula is C17H17N7S. The van der Waals surface area contributed by atoms with E-state index in [1.165, 1.54) is 0 Å². The quantitative estimate of drug-likeness (QED) is 0.466. The van der Waals surface area contributed by atoms with Crippen LogP contribution in [-0.2, 0) is 0 Å². The molecule has 4 rings (SSSR count). The molecule has 0 fully saturated rings. The van der Waals surface area contributed by atoms with Crippen LogP contribution in [-0.4, -0.2) is 29.9 Å². The maximum absolute atomic E-state index is 6.22. The van der Waals surface area contributed by atoms with E-state index in [-0.39, 0.29) is 0 Å². The molecule has 1 atom stereocenters. The number of aromatic amines is 2. The van der Waals surface area contributed by atoms with Crippen molar-refractivity contribution >= 4 is 36.2 Å². The molecule has 1 aliphatic rings. The van der Waals surface area contributed by atoms with E-state index in [4.69, 9.17) is 5.73 Å². The van der Waals surface area contributed by atoms with Gasteiger partial charge in [0, 0.05) is 34.3 Å². The van der Waals surface area contributed by atoms with Gasteiger partial charge in [-0.05, 0) is 19.1 Å². The molecule has 7 nitrogen and oxygen atoms in total. The van der Waals surface area contributed by atoms with Crippen molar-refractivity contribution in [1.82, 2.24) is 25.1 Å². The van der Waals surface area contributed by atoms with Crippen molar-refractivity contribution < 1.29 is 0 Å². The zero-order valence-electron chi connectivity index (χ0n) is 13.5. The number of nitrogens with zero attached hydrogens (tertiary/aromatic N) is 3. The van der Waals surface area contributed by atoms with Crippen molar-refractivity contribution in [3.63, 3.8) is 0 Å². The van der Waals surface area contributed by atoms with Crippen molar-refractivity contribution in [2.24, 2.45) is 5.73 Å². The molecule has 5 N–H and O–H groups in total. The summed E-state index contributed by atoms with van der Waals surface area (Å²) in [6.07, 6.45) is 11.2. The molecule has 0 aromatic carbocycles. The summed E-state index contributed by atoms with van der Waals surface area (Å²) in [7, 11) is 0. The van der Waals surface area contributed by atoms with Crippen molar-refractivity contribution in [2.45, 2.75) is 11.7 Å². The fourth-order valence-corrected chi connectivity index (χ4v) is 2.97. The number of aromatic nitrogens is 5. The summed E-state index contributed by atoms with van der Waals surface area (Å²) in [5.41, 5.74) is 10.5. The second-order valence-corrected chi connectivity index (χ2v) is 6.97. The highest BCUT2D eigenvalue weighted by Crippen LogP contribution is 2.34. The molecule has 3 heterocycles. The summed E-state index contributed by atoms with van der Waals surface area (Å²) in [5, 5.41) is 9.80. The van der Waals surface area contributed by atoms with Crippen LogP contribution in [0, 0.1) is 0 Å². The van der Waals surface area contributed by atoms with E-state index in [9.17, 15) is 0 Å². The maximum Gasteiger partial charge on any atom is 0.228 e. The second-order valence-electron chi connectivity index (χ2n) is 6.01. The minimum atomic E-state index is -0.403. The Morgan fingerprint density at radius 2 is 2.16 bits per heavy atom. The predicted octanol–water partition coefficient (Wildman–Crippen LogP) is 2.95. The standard InChI is InChI=1S/C17H17N7S/c1-17(25)5-2-10-11(9-20-15(10)12(18)8-17)13-3-6-19-16(22-13)23-14-4-7-21-24-14/h2-9,20,25H,18H2,1H3,(H2,19,21,22,23,24). The van der Waals surface area contributed by atoms with Gasteiger partial charge >= 0.3 is 0 Å². The van der Waals surface area contributed by atoms with E-state index in [0.29, 0.717) is 11.6 Å². The Balaban J connectivity index is 1.74. The van der Waals surface area contributed by atoms with Gasteiger partial charge in [-0.15, -0.1) is 0 Å². The number of anilines is 2. The monoisotopic (exact) mass is 351 g/mol. The molecular weight excluding hydrogens is 334 g/mol. The fraction of sp³-hybridized carbons (Fsp3) is 0.118. The summed E-state index contributed by atoms with van der Waals surface area (Å²) >= 11 is 4.61. The molecule has 0 aliphatic heterocycles. The van der Waals surface area contributed by atoms with Gasteiger partial charge in [-0.25, -0.2) is 9.97 Å². The minimum absolute atomic E-state index is 0.403. The van der Waals surface area contributed by atoms with Crippen LogP contribution >= 0.6 is 12.6 Å². The molecule has 3 aromatic heterocycles. The van der Waals surface area contributed by atoms with Crippen LogP contribution < -0.4 is 11.1 Å². The van der Waals surface area contributed by atoms with Gasteiger partial charge in [0.05, 0.1) is 23.3 Å². The van der Waals surface area contributed by atoms with Gasteiger partial charge in [-0.2, -0.15) is 17.7 Å². The molecule has 8 heteroatoms. The maximum atomic E-state index is 6.22. The molecule has 0 saturated heterocycles. The third kappa shape index (κ3) is 3.03. The van der Waals surface area contributed by atoms with Gasteiger partial charge in [-0.3, -0.25) is 5.10 Å². The zero-order chi connectivity index (χ0) is 17.4. The Labute approximate surface area is 149 Å². The van der Waals surface area contributed by atoms with Crippen molar-refractivity contribution in [3.8, 4) is 11.3 Å². The first kappa shape index (κ1) is 15.5. The van der Waals surface area contributed by atoms with E-state index in [1.54, 1.807) is 18.5 Å². The van der Waals surface area contributed by atoms with Crippen molar-refractivity contribution in [1.29, 1.82) is 0 Å². The van der Waals surface area contributed by atoms with Crippen molar-refractivity contribution in [3.05, 3.63) is 54.1 Å². The molecule has 0 bridgehead atoms. The lowest BCUT2D eigenvalue weighted by molar-refractivity contribution is 1.03. The van der Waals surface area contributed by atoms with Crippen LogP contribution in [0.4, 0.5) is 11.8 Å². The van der Waals surface area contributed by atoms with Gasteiger partial charge in [0.2, 0.25) is 5.95 Å². The van der Waals surface area contributed by atoms with Gasteiger partial charge < -0.3 is 16.0 Å². The van der Waals surface area contributed by atoms with E-state index in [1.807, 2.05) is 37.4 Å². The number of thiol groups is 1. The predicted molar refractivity (Wildman–Crippen MR) is 102 cm³/mol. The lowest BCUT2D eigenvalue weighted by atomic mass is 10.1. The van der Waals surface area contributed by atoms with Crippen LogP contribution in [0.2, 0.25) is 0 Å². The van der Waals surface area contributed by atoms with Gasteiger partial charge in [0.25, 0.3) is 0 Å². The van der Waals surface area contributed by atoms with Gasteiger partial charge in [0.1, 0.15) is 5.82 Å². The van der Waals surface area contributed by atoms with Gasteiger partial charge in [0.15, 0.2) is 0 Å². The summed E-state index contributed by atoms with van der Waals surface area (Å²) in [4.78, 5) is 12.1. The number of rotatable bonds is 3. The van der Waals surface area contributed by atoms with E-state index < -0.39 is 4.75 Å². The highest BCUT2D eigenvalue weighted by Gasteiger charge is 2.21. The first-order valence-electron chi connectivity index (χ1n) is 7.73. The molecule has 1 unspecified atom stereocenters. The molecule has 0 spiro atoms. The Morgan fingerprint density at radius 1 is 1.28 bits per heavy atom. The molecule has 126 valence electrons. The molecule has 1 aliphatic carbocycles. The van der Waals surface area contributed by atoms with Crippen LogP contribution in [0.5, 0.6) is 0 Å². The molecule has 3 aromatic rings. The molecule has 0 radical (unpaired) electrons. The second kappa shape index (κ2) is 5.82. The normalized spacial score (nSPS) is 19.2. The number of hydrogen-bond acceptors (Lipinski definition) is 6. The summed E-state index contributed by atoms with van der Waals surface area (Å²) in [5.74, 6) is 1.21. The number of nitrogens with one attached hydrogen (secondary N) is 3. The summed E-state index contributed by atoms with van der Waals surface area (Å²) < 4.78 is -0.403. The smallest absolute Gasteiger partial charge is 0.228 e. The van der Waals surface area contributed by atoms with Crippen LogP contribution in [0.15, 0.2) is 42.9 Å². The molecule has 0 amide bonds. The van der Waals surface area contributed by atoms with Crippen molar-refractivity contribution in [2.75, 3.05) is 5.32 Å². The minimum Gasteiger partial charge on any atom is -0.397 e.